The van der Waals surface area contributed by atoms with Crippen LogP contribution in [0.3, 0.4) is 0 Å². The van der Waals surface area contributed by atoms with E-state index in [9.17, 15) is 14.7 Å². The topological polar surface area (TPSA) is 66.4 Å². The Bertz CT molecular complexity index is 342. The van der Waals surface area contributed by atoms with E-state index < -0.39 is 21.8 Å². The van der Waals surface area contributed by atoms with E-state index >= 15 is 0 Å². The number of hydrogen-bond donors (Lipinski definition) is 2. The molecule has 0 aliphatic heterocycles. The van der Waals surface area contributed by atoms with Gasteiger partial charge in [-0.2, -0.15) is 0 Å². The Balaban J connectivity index is 0. The normalized spacial score (nSPS) is 11.3. The number of esters is 1. The second-order valence-corrected chi connectivity index (χ2v) is 15.7. The number of carbonyl (C=O) groups is 2. The fourth-order valence-corrected chi connectivity index (χ4v) is 1.48. The van der Waals surface area contributed by atoms with Gasteiger partial charge in [-0.25, -0.2) is 0 Å². The molecule has 0 atom stereocenters. The molecule has 0 aromatic heterocycles. The molecule has 0 saturated heterocycles. The summed E-state index contributed by atoms with van der Waals surface area (Å²) in [5, 5.41) is 10.6. The van der Waals surface area contributed by atoms with Crippen molar-refractivity contribution in [3.63, 3.8) is 0 Å². The van der Waals surface area contributed by atoms with Gasteiger partial charge in [-0.1, -0.05) is 32.6 Å². The number of hydrogen-bond acceptors (Lipinski definition) is 5. The van der Waals surface area contributed by atoms with Gasteiger partial charge in [-0.15, -0.1) is 24.5 Å². The zero-order valence-corrected chi connectivity index (χ0v) is 15.9. The minimum Gasteiger partial charge on any atom is -0.550 e. The summed E-state index contributed by atoms with van der Waals surface area (Å²) < 4.78 is 3.59. The number of aliphatic carboxylic acids is 1. The number of carbonyl (C=O) groups excluding carboxylic acids is 2. The Morgan fingerprint density at radius 3 is 1.90 bits per heavy atom. The predicted molar refractivity (Wildman–Crippen MR) is 92.1 cm³/mol. The quantitative estimate of drug-likeness (QED) is 0.416. The van der Waals surface area contributed by atoms with E-state index in [1.165, 1.54) is 0 Å². The fraction of sp³-hybridized carbons (Fsp3) is 0.833. The molecule has 120 valence electrons. The first-order valence-corrected chi connectivity index (χ1v) is 12.0. The molecular formula is C12H24O4PS3-. The minimum atomic E-state index is -1.42. The molecule has 0 aromatic carbocycles. The van der Waals surface area contributed by atoms with Crippen molar-refractivity contribution in [3.05, 3.63) is 0 Å². The lowest BCUT2D eigenvalue weighted by atomic mass is 9.79. The van der Waals surface area contributed by atoms with Crippen molar-refractivity contribution in [2.45, 2.75) is 46.5 Å². The van der Waals surface area contributed by atoms with E-state index in [-0.39, 0.29) is 6.42 Å². The van der Waals surface area contributed by atoms with Crippen LogP contribution in [0.25, 0.3) is 0 Å². The summed E-state index contributed by atoms with van der Waals surface area (Å²) in [6.07, 6.45) is 1.39. The van der Waals surface area contributed by atoms with Crippen molar-refractivity contribution >= 4 is 52.7 Å². The largest absolute Gasteiger partial charge is 0.550 e. The third kappa shape index (κ3) is 12.1. The van der Waals surface area contributed by atoms with Crippen LogP contribution >= 0.6 is 28.9 Å². The van der Waals surface area contributed by atoms with Crippen LogP contribution < -0.4 is 5.11 Å². The van der Waals surface area contributed by atoms with Crippen molar-refractivity contribution in [1.29, 1.82) is 0 Å². The van der Waals surface area contributed by atoms with E-state index in [1.54, 1.807) is 13.8 Å². The van der Waals surface area contributed by atoms with Gasteiger partial charge in [0, 0.05) is 16.8 Å². The maximum Gasteiger partial charge on any atom is 0.312 e. The van der Waals surface area contributed by atoms with Crippen LogP contribution in [0.15, 0.2) is 0 Å². The van der Waals surface area contributed by atoms with E-state index in [1.807, 2.05) is 13.6 Å². The van der Waals surface area contributed by atoms with Crippen molar-refractivity contribution in [2.24, 2.45) is 5.41 Å². The van der Waals surface area contributed by atoms with Crippen LogP contribution in [-0.4, -0.2) is 25.2 Å². The molecule has 0 aliphatic carbocycles. The Labute approximate surface area is 137 Å². The first-order valence-electron chi connectivity index (χ1n) is 6.42. The lowest BCUT2D eigenvalue weighted by Crippen LogP contribution is -2.38. The highest BCUT2D eigenvalue weighted by Gasteiger charge is 2.36. The SMILES string of the molecule is CCCOC(=O)C(CC)(CC)CC(=O)[O-].CP(=S)(S)S. The van der Waals surface area contributed by atoms with Gasteiger partial charge in [0.15, 0.2) is 0 Å². The molecule has 0 spiro atoms. The zero-order chi connectivity index (χ0) is 16.4. The summed E-state index contributed by atoms with van der Waals surface area (Å²) in [7, 11) is 0. The molecule has 0 aliphatic rings. The highest BCUT2D eigenvalue weighted by atomic mass is 33.2. The van der Waals surface area contributed by atoms with Crippen LogP contribution in [0.5, 0.6) is 0 Å². The van der Waals surface area contributed by atoms with Crippen molar-refractivity contribution in [2.75, 3.05) is 13.3 Å². The first-order chi connectivity index (χ1) is 9.02. The molecule has 8 heteroatoms. The van der Waals surface area contributed by atoms with Gasteiger partial charge >= 0.3 is 5.97 Å². The molecule has 4 nitrogen and oxygen atoms in total. The van der Waals surface area contributed by atoms with Gasteiger partial charge in [-0.3, -0.25) is 4.79 Å². The van der Waals surface area contributed by atoms with Gasteiger partial charge in [0.05, 0.1) is 12.0 Å². The van der Waals surface area contributed by atoms with Crippen LogP contribution in [0, 0.1) is 5.41 Å². The molecule has 0 bridgehead atoms. The van der Waals surface area contributed by atoms with Gasteiger partial charge in [0.2, 0.25) is 0 Å². The lowest BCUT2D eigenvalue weighted by molar-refractivity contribution is -0.308. The smallest absolute Gasteiger partial charge is 0.312 e. The van der Waals surface area contributed by atoms with E-state index in [4.69, 9.17) is 4.74 Å². The highest BCUT2D eigenvalue weighted by Crippen LogP contribution is 2.51. The second-order valence-electron chi connectivity index (χ2n) is 4.51. The summed E-state index contributed by atoms with van der Waals surface area (Å²) in [6, 6.07) is 0. The average molecular weight is 359 g/mol. The van der Waals surface area contributed by atoms with Crippen LogP contribution in [0.4, 0.5) is 0 Å². The van der Waals surface area contributed by atoms with E-state index in [0.29, 0.717) is 19.4 Å². The molecule has 0 amide bonds. The van der Waals surface area contributed by atoms with Gasteiger partial charge in [0.1, 0.15) is 0 Å². The van der Waals surface area contributed by atoms with Crippen molar-refractivity contribution in [3.8, 4) is 0 Å². The predicted octanol–water partition coefficient (Wildman–Crippen LogP) is 2.67. The molecule has 0 N–H and O–H groups in total. The highest BCUT2D eigenvalue weighted by molar-refractivity contribution is 8.92. The fourth-order valence-electron chi connectivity index (χ4n) is 1.48. The summed E-state index contributed by atoms with van der Waals surface area (Å²) in [5.74, 6) is -1.62. The first kappa shape index (κ1) is 22.6. The third-order valence-corrected chi connectivity index (χ3v) is 2.71. The average Bonchev–Trinajstić information content (AvgIpc) is 2.30. The van der Waals surface area contributed by atoms with Crippen molar-refractivity contribution < 1.29 is 19.4 Å². The Morgan fingerprint density at radius 1 is 1.25 bits per heavy atom. The summed E-state index contributed by atoms with van der Waals surface area (Å²) in [6.45, 7) is 7.66. The number of ether oxygens (including phenoxy) is 1. The maximum atomic E-state index is 11.7. The second kappa shape index (κ2) is 10.9. The Kier molecular flexibility index (Phi) is 12.3. The molecular weight excluding hydrogens is 335 g/mol. The van der Waals surface area contributed by atoms with E-state index in [2.05, 4.69) is 36.3 Å². The molecule has 0 saturated carbocycles. The molecule has 0 unspecified atom stereocenters. The van der Waals surface area contributed by atoms with Crippen LogP contribution in [0.2, 0.25) is 0 Å². The summed E-state index contributed by atoms with van der Waals surface area (Å²) in [5.41, 5.74) is -0.909. The monoisotopic (exact) mass is 359 g/mol. The molecule has 0 aromatic rings. The van der Waals surface area contributed by atoms with Gasteiger partial charge in [-0.05, 0) is 25.9 Å². The Hall–Kier alpha value is 0.290. The number of rotatable bonds is 7. The number of carboxylic acids is 1. The standard InChI is InChI=1S/C11H20O4.CH5PS3/c1-4-7-15-10(14)11(5-2,6-3)8-9(12)13;1-2(3,4)5/h4-8H2,1-3H3,(H,12,13);1H3,(H2,3,4,5)/p-1. The molecule has 0 rings (SSSR count). The maximum absolute atomic E-state index is 11.7. The summed E-state index contributed by atoms with van der Waals surface area (Å²) >= 11 is 12.5. The molecule has 0 fully saturated rings. The lowest BCUT2D eigenvalue weighted by Gasteiger charge is -2.29. The number of carboxylic acid groups (broad SMARTS) is 1. The zero-order valence-electron chi connectivity index (χ0n) is 12.4. The van der Waals surface area contributed by atoms with Crippen molar-refractivity contribution in [1.82, 2.24) is 0 Å². The van der Waals surface area contributed by atoms with Crippen LogP contribution in [-0.2, 0) is 26.1 Å². The molecule has 0 radical (unpaired) electrons. The minimum absolute atomic E-state index is 0.261. The van der Waals surface area contributed by atoms with Gasteiger partial charge < -0.3 is 14.6 Å². The molecule has 0 heterocycles. The summed E-state index contributed by atoms with van der Waals surface area (Å²) in [4.78, 5) is 22.3. The van der Waals surface area contributed by atoms with Gasteiger partial charge in [0.25, 0.3) is 0 Å². The number of thiol groups is 2. The Morgan fingerprint density at radius 2 is 1.65 bits per heavy atom. The van der Waals surface area contributed by atoms with Crippen LogP contribution in [0.1, 0.15) is 46.5 Å². The molecule has 20 heavy (non-hydrogen) atoms. The third-order valence-electron chi connectivity index (χ3n) is 2.71. The van der Waals surface area contributed by atoms with E-state index in [0.717, 1.165) is 6.42 Å².